The number of aryl methyl sites for hydroxylation is 1. The van der Waals surface area contributed by atoms with Gasteiger partial charge in [0.15, 0.2) is 5.96 Å². The Balaban J connectivity index is 1.45. The summed E-state index contributed by atoms with van der Waals surface area (Å²) < 4.78 is 13.7. The normalized spacial score (nSPS) is 16.3. The fourth-order valence-corrected chi connectivity index (χ4v) is 3.62. The van der Waals surface area contributed by atoms with Crippen molar-refractivity contribution in [2.45, 2.75) is 33.0 Å². The first-order chi connectivity index (χ1) is 14.5. The first kappa shape index (κ1) is 22.2. The molecule has 0 unspecified atom stereocenters. The largest absolute Gasteiger partial charge is 0.352 e. The standard InChI is InChI=1S/C24H34FN5/c1-19-5-6-22(15-23(19)25)17-28-24(26-2)27-16-20-7-9-21(10-8-20)18-30-12-4-11-29(3)13-14-30/h5-10,15H,4,11-14,16-18H2,1-3H3,(H2,26,27,28). The second-order valence-electron chi connectivity index (χ2n) is 8.11. The zero-order valence-corrected chi connectivity index (χ0v) is 18.4. The highest BCUT2D eigenvalue weighted by molar-refractivity contribution is 5.79. The average molecular weight is 412 g/mol. The van der Waals surface area contributed by atoms with Gasteiger partial charge in [-0.05, 0) is 61.8 Å². The molecule has 1 aliphatic heterocycles. The summed E-state index contributed by atoms with van der Waals surface area (Å²) in [5.74, 6) is 0.526. The molecule has 0 aliphatic carbocycles. The van der Waals surface area contributed by atoms with E-state index in [1.807, 2.05) is 6.07 Å². The highest BCUT2D eigenvalue weighted by Gasteiger charge is 2.12. The van der Waals surface area contributed by atoms with Crippen LogP contribution in [0.5, 0.6) is 0 Å². The number of hydrogen-bond acceptors (Lipinski definition) is 3. The number of hydrogen-bond donors (Lipinski definition) is 2. The highest BCUT2D eigenvalue weighted by atomic mass is 19.1. The summed E-state index contributed by atoms with van der Waals surface area (Å²) in [5.41, 5.74) is 4.11. The number of likely N-dealkylation sites (N-methyl/N-ethyl adjacent to an activating group) is 1. The second kappa shape index (κ2) is 11.1. The van der Waals surface area contributed by atoms with Crippen molar-refractivity contribution < 1.29 is 4.39 Å². The van der Waals surface area contributed by atoms with Crippen LogP contribution in [-0.2, 0) is 19.6 Å². The maximum absolute atomic E-state index is 13.7. The van der Waals surface area contributed by atoms with Gasteiger partial charge in [-0.2, -0.15) is 0 Å². The predicted octanol–water partition coefficient (Wildman–Crippen LogP) is 3.14. The lowest BCUT2D eigenvalue weighted by atomic mass is 10.1. The number of rotatable bonds is 6. The van der Waals surface area contributed by atoms with Crippen molar-refractivity contribution >= 4 is 5.96 Å². The van der Waals surface area contributed by atoms with E-state index in [0.29, 0.717) is 24.6 Å². The van der Waals surface area contributed by atoms with E-state index in [1.54, 1.807) is 26.1 Å². The van der Waals surface area contributed by atoms with Gasteiger partial charge in [-0.25, -0.2) is 4.39 Å². The zero-order valence-electron chi connectivity index (χ0n) is 18.4. The van der Waals surface area contributed by atoms with Crippen molar-refractivity contribution in [1.29, 1.82) is 0 Å². The van der Waals surface area contributed by atoms with E-state index in [1.165, 1.54) is 30.6 Å². The molecule has 0 radical (unpaired) electrons. The Morgan fingerprint density at radius 3 is 2.30 bits per heavy atom. The van der Waals surface area contributed by atoms with E-state index in [-0.39, 0.29) is 5.82 Å². The lowest BCUT2D eigenvalue weighted by Crippen LogP contribution is -2.36. The molecule has 1 aliphatic rings. The predicted molar refractivity (Wildman–Crippen MR) is 122 cm³/mol. The number of halogens is 1. The van der Waals surface area contributed by atoms with Gasteiger partial charge in [-0.3, -0.25) is 9.89 Å². The van der Waals surface area contributed by atoms with E-state index >= 15 is 0 Å². The van der Waals surface area contributed by atoms with Crippen LogP contribution in [-0.4, -0.2) is 56.0 Å². The van der Waals surface area contributed by atoms with Gasteiger partial charge in [0.2, 0.25) is 0 Å². The van der Waals surface area contributed by atoms with Crippen LogP contribution in [0.1, 0.15) is 28.7 Å². The molecular formula is C24H34FN5. The van der Waals surface area contributed by atoms with E-state index in [2.05, 4.69) is 56.7 Å². The number of benzene rings is 2. The molecule has 0 bridgehead atoms. The number of nitrogens with one attached hydrogen (secondary N) is 2. The minimum Gasteiger partial charge on any atom is -0.352 e. The van der Waals surface area contributed by atoms with E-state index in [0.717, 1.165) is 25.2 Å². The Kier molecular flexibility index (Phi) is 8.22. The summed E-state index contributed by atoms with van der Waals surface area (Å²) in [4.78, 5) is 9.20. The fourth-order valence-electron chi connectivity index (χ4n) is 3.62. The van der Waals surface area contributed by atoms with Gasteiger partial charge in [0.05, 0.1) is 0 Å². The Morgan fingerprint density at radius 2 is 1.60 bits per heavy atom. The molecule has 0 saturated carbocycles. The Morgan fingerprint density at radius 1 is 0.933 bits per heavy atom. The van der Waals surface area contributed by atoms with E-state index in [9.17, 15) is 4.39 Å². The van der Waals surface area contributed by atoms with E-state index < -0.39 is 0 Å². The van der Waals surface area contributed by atoms with Gasteiger partial charge < -0.3 is 15.5 Å². The van der Waals surface area contributed by atoms with Gasteiger partial charge >= 0.3 is 0 Å². The molecule has 0 atom stereocenters. The van der Waals surface area contributed by atoms with Crippen molar-refractivity contribution in [2.75, 3.05) is 40.3 Å². The topological polar surface area (TPSA) is 42.9 Å². The molecule has 0 spiro atoms. The van der Waals surface area contributed by atoms with Crippen LogP contribution in [0, 0.1) is 12.7 Å². The average Bonchev–Trinajstić information content (AvgIpc) is 2.96. The molecular weight excluding hydrogens is 377 g/mol. The molecule has 5 nitrogen and oxygen atoms in total. The number of guanidine groups is 1. The third-order valence-electron chi connectivity index (χ3n) is 5.62. The molecule has 1 heterocycles. The minimum absolute atomic E-state index is 0.176. The Hall–Kier alpha value is -2.44. The molecule has 2 aromatic rings. The smallest absolute Gasteiger partial charge is 0.191 e. The van der Waals surface area contributed by atoms with E-state index in [4.69, 9.17) is 0 Å². The van der Waals surface area contributed by atoms with Gasteiger partial charge in [0.1, 0.15) is 5.82 Å². The fraction of sp³-hybridized carbons (Fsp3) is 0.458. The zero-order chi connectivity index (χ0) is 21.3. The molecule has 6 heteroatoms. The van der Waals surface area contributed by atoms with Gasteiger partial charge in [0, 0.05) is 39.8 Å². The molecule has 2 aromatic carbocycles. The van der Waals surface area contributed by atoms with Crippen LogP contribution in [0.2, 0.25) is 0 Å². The highest BCUT2D eigenvalue weighted by Crippen LogP contribution is 2.11. The summed E-state index contributed by atoms with van der Waals surface area (Å²) in [6.45, 7) is 8.63. The van der Waals surface area contributed by atoms with Crippen LogP contribution >= 0.6 is 0 Å². The SMILES string of the molecule is CN=C(NCc1ccc(CN2CCCN(C)CC2)cc1)NCc1ccc(C)c(F)c1. The summed E-state index contributed by atoms with van der Waals surface area (Å²) in [6.07, 6.45) is 1.24. The molecule has 30 heavy (non-hydrogen) atoms. The van der Waals surface area contributed by atoms with Crippen LogP contribution in [0.3, 0.4) is 0 Å². The first-order valence-electron chi connectivity index (χ1n) is 10.7. The molecule has 1 fully saturated rings. The minimum atomic E-state index is -0.176. The molecule has 0 amide bonds. The quantitative estimate of drug-likeness (QED) is 0.566. The molecule has 162 valence electrons. The van der Waals surface area contributed by atoms with Crippen LogP contribution in [0.25, 0.3) is 0 Å². The molecule has 1 saturated heterocycles. The third kappa shape index (κ3) is 6.82. The first-order valence-corrected chi connectivity index (χ1v) is 10.7. The summed E-state index contributed by atoms with van der Waals surface area (Å²) in [5, 5.41) is 6.56. The molecule has 0 aromatic heterocycles. The number of nitrogens with zero attached hydrogens (tertiary/aromatic N) is 3. The maximum Gasteiger partial charge on any atom is 0.191 e. The van der Waals surface area contributed by atoms with Crippen LogP contribution < -0.4 is 10.6 Å². The Labute approximate surface area is 180 Å². The van der Waals surface area contributed by atoms with Crippen molar-refractivity contribution in [1.82, 2.24) is 20.4 Å². The molecule has 2 N–H and O–H groups in total. The van der Waals surface area contributed by atoms with Gasteiger partial charge in [-0.1, -0.05) is 36.4 Å². The second-order valence-corrected chi connectivity index (χ2v) is 8.11. The monoisotopic (exact) mass is 411 g/mol. The van der Waals surface area contributed by atoms with Crippen molar-refractivity contribution in [3.8, 4) is 0 Å². The number of aliphatic imine (C=N–C) groups is 1. The van der Waals surface area contributed by atoms with Crippen LogP contribution in [0.4, 0.5) is 4.39 Å². The molecule has 3 rings (SSSR count). The third-order valence-corrected chi connectivity index (χ3v) is 5.62. The van der Waals surface area contributed by atoms with Crippen molar-refractivity contribution in [3.05, 3.63) is 70.5 Å². The lowest BCUT2D eigenvalue weighted by molar-refractivity contribution is 0.269. The maximum atomic E-state index is 13.7. The Bertz CT molecular complexity index is 834. The van der Waals surface area contributed by atoms with Gasteiger partial charge in [-0.15, -0.1) is 0 Å². The van der Waals surface area contributed by atoms with Crippen molar-refractivity contribution in [3.63, 3.8) is 0 Å². The van der Waals surface area contributed by atoms with Crippen LogP contribution in [0.15, 0.2) is 47.5 Å². The lowest BCUT2D eigenvalue weighted by Gasteiger charge is -2.20. The van der Waals surface area contributed by atoms with Crippen molar-refractivity contribution in [2.24, 2.45) is 4.99 Å². The summed E-state index contributed by atoms with van der Waals surface area (Å²) >= 11 is 0. The summed E-state index contributed by atoms with van der Waals surface area (Å²) in [7, 11) is 3.94. The van der Waals surface area contributed by atoms with Gasteiger partial charge in [0.25, 0.3) is 0 Å². The summed E-state index contributed by atoms with van der Waals surface area (Å²) in [6, 6.07) is 14.1.